The molecule has 1 saturated carbocycles. The van der Waals surface area contributed by atoms with Crippen molar-refractivity contribution in [2.24, 2.45) is 5.92 Å². The highest BCUT2D eigenvalue weighted by atomic mass is 35.5. The van der Waals surface area contributed by atoms with Crippen molar-refractivity contribution in [1.82, 2.24) is 5.32 Å². The molecule has 2 fully saturated rings. The number of nitrogens with zero attached hydrogens (tertiary/aromatic N) is 1. The van der Waals surface area contributed by atoms with Crippen LogP contribution in [0, 0.1) is 5.92 Å². The number of methoxy groups -OCH3 is 2. The first-order valence-electron chi connectivity index (χ1n) is 10.3. The van der Waals surface area contributed by atoms with Gasteiger partial charge in [0.1, 0.15) is 11.5 Å². The Labute approximate surface area is 190 Å². The summed E-state index contributed by atoms with van der Waals surface area (Å²) in [6.45, 7) is 0.186. The van der Waals surface area contributed by atoms with Crippen molar-refractivity contribution in [2.45, 2.75) is 25.3 Å². The van der Waals surface area contributed by atoms with E-state index < -0.39 is 5.92 Å². The van der Waals surface area contributed by atoms with Crippen LogP contribution in [0.2, 0.25) is 5.02 Å². The number of carbonyl (C=O) groups is 3. The van der Waals surface area contributed by atoms with E-state index in [1.165, 1.54) is 19.1 Å². The summed E-state index contributed by atoms with van der Waals surface area (Å²) in [5.41, 5.74) is 1.48. The predicted octanol–water partition coefficient (Wildman–Crippen LogP) is 3.24. The highest BCUT2D eigenvalue weighted by Gasteiger charge is 2.37. The lowest BCUT2D eigenvalue weighted by Gasteiger charge is -2.21. The van der Waals surface area contributed by atoms with Crippen molar-refractivity contribution in [1.29, 1.82) is 0 Å². The van der Waals surface area contributed by atoms with Crippen LogP contribution >= 0.6 is 11.6 Å². The lowest BCUT2D eigenvalue weighted by atomic mass is 10.1. The minimum absolute atomic E-state index is 0.0560. The zero-order valence-electron chi connectivity index (χ0n) is 17.8. The molecule has 2 aromatic carbocycles. The lowest BCUT2D eigenvalue weighted by Crippen LogP contribution is -2.28. The van der Waals surface area contributed by atoms with E-state index in [1.807, 2.05) is 0 Å². The van der Waals surface area contributed by atoms with Gasteiger partial charge in [-0.2, -0.15) is 0 Å². The molecule has 1 aliphatic heterocycles. The number of benzene rings is 2. The van der Waals surface area contributed by atoms with Gasteiger partial charge in [-0.15, -0.1) is 0 Å². The highest BCUT2D eigenvalue weighted by molar-refractivity contribution is 6.32. The summed E-state index contributed by atoms with van der Waals surface area (Å²) in [7, 11) is 2.98. The standard InChI is InChI=1S/C23H24ClN3O5/c1-31-19-11-20(32-2)18(10-17(19)24)27-12-14(9-21(27)28)23(30)26-16-5-3-4-13(8-16)22(29)25-15-6-7-15/h3-5,8,10-11,14-15H,6-7,9,12H2,1-2H3,(H,25,29)(H,26,30)/t14-/m0/s1. The van der Waals surface area contributed by atoms with Crippen molar-refractivity contribution < 1.29 is 23.9 Å². The minimum Gasteiger partial charge on any atom is -0.495 e. The summed E-state index contributed by atoms with van der Waals surface area (Å²) in [6.07, 6.45) is 2.05. The van der Waals surface area contributed by atoms with E-state index >= 15 is 0 Å². The molecule has 2 N–H and O–H groups in total. The van der Waals surface area contributed by atoms with E-state index in [0.717, 1.165) is 12.8 Å². The molecule has 168 valence electrons. The van der Waals surface area contributed by atoms with Gasteiger partial charge in [0.2, 0.25) is 11.8 Å². The number of nitrogens with one attached hydrogen (secondary N) is 2. The molecular weight excluding hydrogens is 434 g/mol. The van der Waals surface area contributed by atoms with Gasteiger partial charge >= 0.3 is 0 Å². The zero-order chi connectivity index (χ0) is 22.8. The third-order valence-corrected chi connectivity index (χ3v) is 5.84. The number of halogens is 1. The number of ether oxygens (including phenoxy) is 2. The summed E-state index contributed by atoms with van der Waals surface area (Å²) in [5, 5.41) is 6.09. The molecule has 8 nitrogen and oxygen atoms in total. The number of amides is 3. The number of rotatable bonds is 7. The maximum absolute atomic E-state index is 12.9. The van der Waals surface area contributed by atoms with Gasteiger partial charge in [0.15, 0.2) is 0 Å². The van der Waals surface area contributed by atoms with Crippen LogP contribution in [0.5, 0.6) is 11.5 Å². The molecule has 0 radical (unpaired) electrons. The van der Waals surface area contributed by atoms with Gasteiger partial charge in [0.25, 0.3) is 5.91 Å². The molecule has 0 bridgehead atoms. The van der Waals surface area contributed by atoms with E-state index in [1.54, 1.807) is 36.4 Å². The Morgan fingerprint density at radius 2 is 1.84 bits per heavy atom. The number of hydrogen-bond donors (Lipinski definition) is 2. The molecule has 1 saturated heterocycles. The molecule has 3 amide bonds. The Morgan fingerprint density at radius 1 is 1.09 bits per heavy atom. The Morgan fingerprint density at radius 3 is 2.53 bits per heavy atom. The van der Waals surface area contributed by atoms with Crippen LogP contribution < -0.4 is 25.0 Å². The second-order valence-corrected chi connectivity index (χ2v) is 8.29. The average molecular weight is 458 g/mol. The van der Waals surface area contributed by atoms with E-state index in [9.17, 15) is 14.4 Å². The summed E-state index contributed by atoms with van der Waals surface area (Å²) in [4.78, 5) is 39.3. The van der Waals surface area contributed by atoms with E-state index in [2.05, 4.69) is 10.6 Å². The van der Waals surface area contributed by atoms with Crippen molar-refractivity contribution in [3.05, 3.63) is 47.0 Å². The molecule has 0 aromatic heterocycles. The third-order valence-electron chi connectivity index (χ3n) is 5.54. The molecule has 4 rings (SSSR count). The molecule has 2 aliphatic rings. The van der Waals surface area contributed by atoms with Crippen LogP contribution in [0.1, 0.15) is 29.6 Å². The van der Waals surface area contributed by atoms with Crippen LogP contribution in [0.15, 0.2) is 36.4 Å². The summed E-state index contributed by atoms with van der Waals surface area (Å²) in [5.74, 6) is -0.360. The summed E-state index contributed by atoms with van der Waals surface area (Å²) in [6, 6.07) is 10.2. The Balaban J connectivity index is 1.46. The SMILES string of the molecule is COc1cc(OC)c(N2C[C@@H](C(=O)Nc3cccc(C(=O)NC4CC4)c3)CC2=O)cc1Cl. The minimum atomic E-state index is -0.558. The summed E-state index contributed by atoms with van der Waals surface area (Å²) >= 11 is 6.24. The van der Waals surface area contributed by atoms with Crippen molar-refractivity contribution in [3.8, 4) is 11.5 Å². The smallest absolute Gasteiger partial charge is 0.251 e. The first kappa shape index (κ1) is 22.0. The monoisotopic (exact) mass is 457 g/mol. The van der Waals surface area contributed by atoms with Gasteiger partial charge in [0.05, 0.1) is 30.8 Å². The Kier molecular flexibility index (Phi) is 6.23. The molecular formula is C23H24ClN3O5. The molecule has 2 aromatic rings. The maximum atomic E-state index is 12.9. The lowest BCUT2D eigenvalue weighted by molar-refractivity contribution is -0.122. The first-order valence-corrected chi connectivity index (χ1v) is 10.7. The van der Waals surface area contributed by atoms with Crippen LogP contribution in [0.3, 0.4) is 0 Å². The largest absolute Gasteiger partial charge is 0.495 e. The zero-order valence-corrected chi connectivity index (χ0v) is 18.6. The van der Waals surface area contributed by atoms with Crippen LogP contribution in [0.25, 0.3) is 0 Å². The fourth-order valence-electron chi connectivity index (χ4n) is 3.65. The molecule has 1 heterocycles. The van der Waals surface area contributed by atoms with Crippen LogP contribution in [0.4, 0.5) is 11.4 Å². The van der Waals surface area contributed by atoms with Crippen molar-refractivity contribution in [3.63, 3.8) is 0 Å². The highest BCUT2D eigenvalue weighted by Crippen LogP contribution is 2.40. The van der Waals surface area contributed by atoms with Crippen molar-refractivity contribution in [2.75, 3.05) is 31.0 Å². The van der Waals surface area contributed by atoms with E-state index in [0.29, 0.717) is 33.5 Å². The number of carbonyl (C=O) groups excluding carboxylic acids is 3. The van der Waals surface area contributed by atoms with Crippen LogP contribution in [-0.2, 0) is 9.59 Å². The second kappa shape index (κ2) is 9.08. The Hall–Kier alpha value is -3.26. The summed E-state index contributed by atoms with van der Waals surface area (Å²) < 4.78 is 10.6. The van der Waals surface area contributed by atoms with E-state index in [-0.39, 0.29) is 36.7 Å². The fraction of sp³-hybridized carbons (Fsp3) is 0.348. The number of hydrogen-bond acceptors (Lipinski definition) is 5. The number of anilines is 2. The van der Waals surface area contributed by atoms with Gasteiger partial charge in [-0.25, -0.2) is 0 Å². The second-order valence-electron chi connectivity index (χ2n) is 7.88. The fourth-order valence-corrected chi connectivity index (χ4v) is 3.89. The molecule has 0 unspecified atom stereocenters. The normalized spacial score (nSPS) is 17.8. The van der Waals surface area contributed by atoms with Gasteiger partial charge in [-0.1, -0.05) is 17.7 Å². The topological polar surface area (TPSA) is 97.0 Å². The van der Waals surface area contributed by atoms with Gasteiger partial charge < -0.3 is 25.0 Å². The quantitative estimate of drug-likeness (QED) is 0.665. The van der Waals surface area contributed by atoms with Gasteiger partial charge in [0, 0.05) is 36.3 Å². The molecule has 1 atom stereocenters. The van der Waals surface area contributed by atoms with E-state index in [4.69, 9.17) is 21.1 Å². The van der Waals surface area contributed by atoms with Crippen molar-refractivity contribution >= 4 is 40.7 Å². The first-order chi connectivity index (χ1) is 15.4. The van der Waals surface area contributed by atoms with Gasteiger partial charge in [-0.05, 0) is 37.1 Å². The maximum Gasteiger partial charge on any atom is 0.251 e. The van der Waals surface area contributed by atoms with Gasteiger partial charge in [-0.3, -0.25) is 14.4 Å². The molecule has 0 spiro atoms. The third kappa shape index (κ3) is 4.65. The Bertz CT molecular complexity index is 1070. The molecule has 32 heavy (non-hydrogen) atoms. The average Bonchev–Trinajstić information content (AvgIpc) is 3.51. The molecule has 9 heteroatoms. The van der Waals surface area contributed by atoms with Crippen LogP contribution in [-0.4, -0.2) is 44.5 Å². The molecule has 1 aliphatic carbocycles. The predicted molar refractivity (Wildman–Crippen MR) is 121 cm³/mol.